The molecular weight excluding hydrogens is 290 g/mol. The Morgan fingerprint density at radius 3 is 2.90 bits per heavy atom. The minimum absolute atomic E-state index is 0.134. The van der Waals surface area contributed by atoms with E-state index in [1.54, 1.807) is 11.3 Å². The standard InChI is InChI=1S/C16H18ClNOS/c1-2-18-15(16-14(17)8-9-20-16)11-4-3-5-13(10-11)19-12-6-7-12/h3-5,8-10,12,15,18H,2,6-7H2,1H3. The van der Waals surface area contributed by atoms with Crippen molar-refractivity contribution in [3.63, 3.8) is 0 Å². The van der Waals surface area contributed by atoms with Gasteiger partial charge in [-0.15, -0.1) is 11.3 Å². The van der Waals surface area contributed by atoms with Crippen molar-refractivity contribution in [2.45, 2.75) is 31.9 Å². The van der Waals surface area contributed by atoms with Crippen molar-refractivity contribution in [3.05, 3.63) is 51.2 Å². The third-order valence-electron chi connectivity index (χ3n) is 3.33. The van der Waals surface area contributed by atoms with Crippen molar-refractivity contribution in [2.24, 2.45) is 0 Å². The van der Waals surface area contributed by atoms with Crippen LogP contribution < -0.4 is 10.1 Å². The average Bonchev–Trinajstić information content (AvgIpc) is 3.16. The topological polar surface area (TPSA) is 21.3 Å². The summed E-state index contributed by atoms with van der Waals surface area (Å²) < 4.78 is 5.88. The second kappa shape index (κ2) is 6.17. The molecule has 1 fully saturated rings. The van der Waals surface area contributed by atoms with E-state index in [1.165, 1.54) is 18.4 Å². The van der Waals surface area contributed by atoms with Gasteiger partial charge >= 0.3 is 0 Å². The fourth-order valence-electron chi connectivity index (χ4n) is 2.22. The van der Waals surface area contributed by atoms with Crippen molar-refractivity contribution < 1.29 is 4.74 Å². The van der Waals surface area contributed by atoms with E-state index >= 15 is 0 Å². The largest absolute Gasteiger partial charge is 0.490 e. The summed E-state index contributed by atoms with van der Waals surface area (Å²) in [5.74, 6) is 0.959. The zero-order valence-corrected chi connectivity index (χ0v) is 13.0. The predicted molar refractivity (Wildman–Crippen MR) is 84.9 cm³/mol. The fraction of sp³-hybridized carbons (Fsp3) is 0.375. The van der Waals surface area contributed by atoms with Gasteiger partial charge in [0.05, 0.1) is 17.2 Å². The van der Waals surface area contributed by atoms with Gasteiger partial charge in [0.25, 0.3) is 0 Å². The molecule has 2 aromatic rings. The van der Waals surface area contributed by atoms with E-state index in [0.29, 0.717) is 6.10 Å². The molecule has 1 aliphatic rings. The number of nitrogens with one attached hydrogen (secondary N) is 1. The van der Waals surface area contributed by atoms with Crippen LogP contribution >= 0.6 is 22.9 Å². The smallest absolute Gasteiger partial charge is 0.120 e. The van der Waals surface area contributed by atoms with E-state index in [-0.39, 0.29) is 6.04 Å². The molecule has 0 amide bonds. The number of hydrogen-bond acceptors (Lipinski definition) is 3. The van der Waals surface area contributed by atoms with Crippen LogP contribution in [0.5, 0.6) is 5.75 Å². The lowest BCUT2D eigenvalue weighted by Gasteiger charge is -2.18. The predicted octanol–water partition coefficient (Wildman–Crippen LogP) is 4.64. The summed E-state index contributed by atoms with van der Waals surface area (Å²) in [6.07, 6.45) is 2.78. The van der Waals surface area contributed by atoms with Gasteiger partial charge in [-0.05, 0) is 48.5 Å². The van der Waals surface area contributed by atoms with Gasteiger partial charge in [0.2, 0.25) is 0 Å². The second-order valence-corrected chi connectivity index (χ2v) is 6.37. The van der Waals surface area contributed by atoms with Crippen LogP contribution in [0.3, 0.4) is 0 Å². The van der Waals surface area contributed by atoms with Crippen LogP contribution in [0.2, 0.25) is 5.02 Å². The SMILES string of the molecule is CCNC(c1cccc(OC2CC2)c1)c1sccc1Cl. The van der Waals surface area contributed by atoms with E-state index in [2.05, 4.69) is 30.4 Å². The minimum Gasteiger partial charge on any atom is -0.490 e. The highest BCUT2D eigenvalue weighted by Crippen LogP contribution is 2.35. The van der Waals surface area contributed by atoms with Crippen LogP contribution in [0.1, 0.15) is 36.2 Å². The van der Waals surface area contributed by atoms with Crippen molar-refractivity contribution in [1.29, 1.82) is 0 Å². The maximum absolute atomic E-state index is 6.29. The highest BCUT2D eigenvalue weighted by atomic mass is 35.5. The molecule has 1 saturated carbocycles. The summed E-state index contributed by atoms with van der Waals surface area (Å²) in [6.45, 7) is 3.01. The Kier molecular flexibility index (Phi) is 4.29. The molecule has 1 aliphatic carbocycles. The Morgan fingerprint density at radius 1 is 1.40 bits per heavy atom. The van der Waals surface area contributed by atoms with Gasteiger partial charge in [0, 0.05) is 4.88 Å². The molecule has 1 unspecified atom stereocenters. The molecule has 1 aromatic carbocycles. The first kappa shape index (κ1) is 13.9. The maximum Gasteiger partial charge on any atom is 0.120 e. The third-order valence-corrected chi connectivity index (χ3v) is 4.76. The molecule has 0 saturated heterocycles. The Balaban J connectivity index is 1.88. The molecule has 20 heavy (non-hydrogen) atoms. The number of benzene rings is 1. The average molecular weight is 308 g/mol. The zero-order chi connectivity index (χ0) is 13.9. The highest BCUT2D eigenvalue weighted by Gasteiger charge is 2.24. The van der Waals surface area contributed by atoms with Gasteiger partial charge in [0.15, 0.2) is 0 Å². The van der Waals surface area contributed by atoms with Crippen LogP contribution in [-0.2, 0) is 0 Å². The first-order valence-electron chi connectivity index (χ1n) is 7.01. The summed E-state index contributed by atoms with van der Waals surface area (Å²) >= 11 is 7.98. The Bertz CT molecular complexity index is 579. The minimum atomic E-state index is 0.134. The van der Waals surface area contributed by atoms with Gasteiger partial charge < -0.3 is 10.1 Å². The Morgan fingerprint density at radius 2 is 2.25 bits per heavy atom. The van der Waals surface area contributed by atoms with E-state index in [4.69, 9.17) is 16.3 Å². The van der Waals surface area contributed by atoms with Gasteiger partial charge in [-0.25, -0.2) is 0 Å². The summed E-state index contributed by atoms with van der Waals surface area (Å²) in [4.78, 5) is 1.16. The summed E-state index contributed by atoms with van der Waals surface area (Å²) in [5, 5.41) is 6.37. The van der Waals surface area contributed by atoms with Gasteiger partial charge in [-0.2, -0.15) is 0 Å². The first-order valence-corrected chi connectivity index (χ1v) is 8.26. The molecule has 3 rings (SSSR count). The molecule has 1 heterocycles. The van der Waals surface area contributed by atoms with Crippen LogP contribution in [-0.4, -0.2) is 12.6 Å². The first-order chi connectivity index (χ1) is 9.78. The fourth-order valence-corrected chi connectivity index (χ4v) is 3.49. The molecule has 1 aromatic heterocycles. The molecular formula is C16H18ClNOS. The van der Waals surface area contributed by atoms with E-state index in [0.717, 1.165) is 22.2 Å². The quantitative estimate of drug-likeness (QED) is 0.839. The lowest BCUT2D eigenvalue weighted by Crippen LogP contribution is -2.21. The molecule has 4 heteroatoms. The lowest BCUT2D eigenvalue weighted by molar-refractivity contribution is 0.302. The lowest BCUT2D eigenvalue weighted by atomic mass is 10.0. The molecule has 0 spiro atoms. The van der Waals surface area contributed by atoms with Crippen molar-refractivity contribution in [3.8, 4) is 5.75 Å². The molecule has 1 N–H and O–H groups in total. The number of thiophene rings is 1. The second-order valence-electron chi connectivity index (χ2n) is 5.01. The van der Waals surface area contributed by atoms with Gasteiger partial charge in [-0.1, -0.05) is 30.7 Å². The molecule has 0 bridgehead atoms. The maximum atomic E-state index is 6.29. The van der Waals surface area contributed by atoms with Crippen LogP contribution in [0.4, 0.5) is 0 Å². The van der Waals surface area contributed by atoms with Crippen LogP contribution in [0.15, 0.2) is 35.7 Å². The molecule has 2 nitrogen and oxygen atoms in total. The number of ether oxygens (including phenoxy) is 1. The van der Waals surface area contributed by atoms with Crippen molar-refractivity contribution >= 4 is 22.9 Å². The highest BCUT2D eigenvalue weighted by molar-refractivity contribution is 7.10. The monoisotopic (exact) mass is 307 g/mol. The summed E-state index contributed by atoms with van der Waals surface area (Å²) in [7, 11) is 0. The molecule has 1 atom stereocenters. The Hall–Kier alpha value is -1.03. The molecule has 106 valence electrons. The molecule has 0 radical (unpaired) electrons. The van der Waals surface area contributed by atoms with Crippen molar-refractivity contribution in [1.82, 2.24) is 5.32 Å². The van der Waals surface area contributed by atoms with Crippen molar-refractivity contribution in [2.75, 3.05) is 6.54 Å². The Labute approximate surface area is 128 Å². The van der Waals surface area contributed by atoms with Crippen LogP contribution in [0, 0.1) is 0 Å². The van der Waals surface area contributed by atoms with Gasteiger partial charge in [0.1, 0.15) is 5.75 Å². The van der Waals surface area contributed by atoms with E-state index < -0.39 is 0 Å². The molecule has 0 aliphatic heterocycles. The zero-order valence-electron chi connectivity index (χ0n) is 11.4. The third kappa shape index (κ3) is 3.17. The van der Waals surface area contributed by atoms with E-state index in [9.17, 15) is 0 Å². The number of halogens is 1. The normalized spacial score (nSPS) is 16.1. The number of rotatable bonds is 6. The summed E-state index contributed by atoms with van der Waals surface area (Å²) in [5.41, 5.74) is 1.20. The number of hydrogen-bond donors (Lipinski definition) is 1. The van der Waals surface area contributed by atoms with Crippen LogP contribution in [0.25, 0.3) is 0 Å². The summed E-state index contributed by atoms with van der Waals surface area (Å²) in [6, 6.07) is 10.4. The van der Waals surface area contributed by atoms with E-state index in [1.807, 2.05) is 17.5 Å². The van der Waals surface area contributed by atoms with Gasteiger partial charge in [-0.3, -0.25) is 0 Å².